The Morgan fingerprint density at radius 3 is 2.55 bits per heavy atom. The fraction of sp³-hybridized carbons (Fsp3) is 0.571. The van der Waals surface area contributed by atoms with Gasteiger partial charge in [-0.2, -0.15) is 0 Å². The van der Waals surface area contributed by atoms with Gasteiger partial charge in [-0.25, -0.2) is 0 Å². The van der Waals surface area contributed by atoms with Crippen LogP contribution in [0.1, 0.15) is 31.4 Å². The highest BCUT2D eigenvalue weighted by molar-refractivity contribution is 6.32. The molecule has 0 unspecified atom stereocenters. The van der Waals surface area contributed by atoms with Gasteiger partial charge in [-0.3, -0.25) is 15.0 Å². The molecule has 1 aliphatic heterocycles. The summed E-state index contributed by atoms with van der Waals surface area (Å²) >= 11 is 5.89. The van der Waals surface area contributed by atoms with Crippen molar-refractivity contribution in [3.05, 3.63) is 38.9 Å². The molecule has 1 aromatic rings. The van der Waals surface area contributed by atoms with Crippen LogP contribution < -0.4 is 5.32 Å². The van der Waals surface area contributed by atoms with Crippen molar-refractivity contribution >= 4 is 42.1 Å². The molecule has 0 saturated carbocycles. The molecule has 126 valence electrons. The lowest BCUT2D eigenvalue weighted by atomic mass is 9.99. The maximum atomic E-state index is 11.0. The summed E-state index contributed by atoms with van der Waals surface area (Å²) in [6.07, 6.45) is 2.05. The second-order valence-corrected chi connectivity index (χ2v) is 5.47. The van der Waals surface area contributed by atoms with Gasteiger partial charge >= 0.3 is 0 Å². The molecule has 8 heteroatoms. The molecule has 1 atom stereocenters. The molecule has 0 bridgehead atoms. The van der Waals surface area contributed by atoms with Crippen molar-refractivity contribution in [2.75, 3.05) is 26.2 Å². The van der Waals surface area contributed by atoms with Gasteiger partial charge < -0.3 is 5.32 Å². The van der Waals surface area contributed by atoms with E-state index in [1.54, 1.807) is 12.1 Å². The maximum absolute atomic E-state index is 11.0. The number of nitrogens with zero attached hydrogens (tertiary/aromatic N) is 2. The van der Waals surface area contributed by atoms with Gasteiger partial charge in [0.05, 0.1) is 4.92 Å². The summed E-state index contributed by atoms with van der Waals surface area (Å²) < 4.78 is 0. The molecule has 1 aliphatic rings. The van der Waals surface area contributed by atoms with Crippen LogP contribution in [0.25, 0.3) is 0 Å². The molecule has 1 saturated heterocycles. The first-order valence-electron chi connectivity index (χ1n) is 7.02. The number of benzene rings is 1. The Kier molecular flexibility index (Phi) is 9.96. The van der Waals surface area contributed by atoms with Crippen molar-refractivity contribution in [2.24, 2.45) is 0 Å². The normalized spacial score (nSPS) is 16.3. The number of halogens is 3. The molecular weight excluding hydrogens is 349 g/mol. The molecule has 0 radical (unpaired) electrons. The minimum Gasteiger partial charge on any atom is -0.314 e. The zero-order valence-electron chi connectivity index (χ0n) is 12.5. The lowest BCUT2D eigenvalue weighted by Crippen LogP contribution is -2.45. The average Bonchev–Trinajstić information content (AvgIpc) is 2.46. The van der Waals surface area contributed by atoms with Gasteiger partial charge in [0.2, 0.25) is 0 Å². The van der Waals surface area contributed by atoms with Crippen molar-refractivity contribution in [2.45, 2.75) is 25.8 Å². The monoisotopic (exact) mass is 369 g/mol. The van der Waals surface area contributed by atoms with E-state index in [0.29, 0.717) is 0 Å². The van der Waals surface area contributed by atoms with Crippen LogP contribution in [0.4, 0.5) is 5.69 Å². The molecule has 1 N–H and O–H groups in total. The fourth-order valence-electron chi connectivity index (χ4n) is 2.70. The third kappa shape index (κ3) is 5.25. The largest absolute Gasteiger partial charge is 0.314 e. The maximum Gasteiger partial charge on any atom is 0.288 e. The summed E-state index contributed by atoms with van der Waals surface area (Å²) in [5.74, 6) is 0. The summed E-state index contributed by atoms with van der Waals surface area (Å²) in [4.78, 5) is 13.0. The Hall–Kier alpha value is -0.590. The topological polar surface area (TPSA) is 58.4 Å². The van der Waals surface area contributed by atoms with E-state index in [1.165, 1.54) is 0 Å². The third-order valence-corrected chi connectivity index (χ3v) is 4.03. The van der Waals surface area contributed by atoms with Gasteiger partial charge in [0, 0.05) is 38.3 Å². The van der Waals surface area contributed by atoms with Crippen LogP contribution in [0, 0.1) is 10.1 Å². The predicted octanol–water partition coefficient (Wildman–Crippen LogP) is 3.84. The quantitative estimate of drug-likeness (QED) is 0.632. The summed E-state index contributed by atoms with van der Waals surface area (Å²) in [6, 6.07) is 5.42. The van der Waals surface area contributed by atoms with Gasteiger partial charge in [-0.05, 0) is 18.1 Å². The Balaban J connectivity index is 0.00000220. The second kappa shape index (κ2) is 10.2. The van der Waals surface area contributed by atoms with Gasteiger partial charge in [-0.15, -0.1) is 24.8 Å². The third-order valence-electron chi connectivity index (χ3n) is 3.71. The smallest absolute Gasteiger partial charge is 0.288 e. The highest BCUT2D eigenvalue weighted by Crippen LogP contribution is 2.32. The average molecular weight is 371 g/mol. The Bertz CT molecular complexity index is 482. The van der Waals surface area contributed by atoms with E-state index in [-0.39, 0.29) is 41.6 Å². The first-order valence-corrected chi connectivity index (χ1v) is 7.40. The van der Waals surface area contributed by atoms with E-state index in [4.69, 9.17) is 11.6 Å². The summed E-state index contributed by atoms with van der Waals surface area (Å²) in [5, 5.41) is 14.6. The minimum absolute atomic E-state index is 0. The number of rotatable bonds is 5. The van der Waals surface area contributed by atoms with Crippen LogP contribution in [0.5, 0.6) is 0 Å². The van der Waals surface area contributed by atoms with E-state index >= 15 is 0 Å². The van der Waals surface area contributed by atoms with E-state index in [0.717, 1.165) is 44.6 Å². The number of hydrogen-bond donors (Lipinski definition) is 1. The zero-order valence-corrected chi connectivity index (χ0v) is 14.8. The number of nitro benzene ring substituents is 1. The van der Waals surface area contributed by atoms with Crippen LogP contribution in [0.3, 0.4) is 0 Å². The highest BCUT2D eigenvalue weighted by atomic mass is 35.5. The van der Waals surface area contributed by atoms with E-state index in [2.05, 4.69) is 17.1 Å². The molecule has 0 spiro atoms. The number of hydrogen-bond acceptors (Lipinski definition) is 4. The first-order chi connectivity index (χ1) is 9.63. The lowest BCUT2D eigenvalue weighted by Gasteiger charge is -2.35. The molecule has 22 heavy (non-hydrogen) atoms. The molecule has 0 amide bonds. The van der Waals surface area contributed by atoms with Crippen molar-refractivity contribution in [3.8, 4) is 0 Å². The summed E-state index contributed by atoms with van der Waals surface area (Å²) in [5.41, 5.74) is 0.991. The number of nitro groups is 1. The van der Waals surface area contributed by atoms with Crippen LogP contribution >= 0.6 is 36.4 Å². The zero-order chi connectivity index (χ0) is 14.5. The molecule has 5 nitrogen and oxygen atoms in total. The molecule has 1 fully saturated rings. The molecule has 1 heterocycles. The minimum atomic E-state index is -0.410. The van der Waals surface area contributed by atoms with E-state index in [9.17, 15) is 10.1 Å². The Morgan fingerprint density at radius 2 is 2.00 bits per heavy atom. The van der Waals surface area contributed by atoms with E-state index < -0.39 is 4.92 Å². The second-order valence-electron chi connectivity index (χ2n) is 5.06. The van der Waals surface area contributed by atoms with Gasteiger partial charge in [0.1, 0.15) is 5.02 Å². The Labute approximate surface area is 148 Å². The molecule has 2 rings (SSSR count). The van der Waals surface area contributed by atoms with Crippen molar-refractivity contribution < 1.29 is 4.92 Å². The number of nitrogens with one attached hydrogen (secondary N) is 1. The fourth-order valence-corrected chi connectivity index (χ4v) is 2.89. The van der Waals surface area contributed by atoms with Crippen LogP contribution in [0.15, 0.2) is 18.2 Å². The molecular formula is C14H22Cl3N3O2. The van der Waals surface area contributed by atoms with Gasteiger partial charge in [0.15, 0.2) is 0 Å². The summed E-state index contributed by atoms with van der Waals surface area (Å²) in [7, 11) is 0. The van der Waals surface area contributed by atoms with Crippen LogP contribution in [0.2, 0.25) is 5.02 Å². The van der Waals surface area contributed by atoms with Gasteiger partial charge in [0.25, 0.3) is 5.69 Å². The van der Waals surface area contributed by atoms with E-state index in [1.807, 2.05) is 6.07 Å². The standard InChI is InChI=1S/C14H20ClN3O2.2ClH/c1-2-3-13(17-8-6-16-7-9-17)11-4-5-12(15)14(10-11)18(19)20;;/h4-5,10,13,16H,2-3,6-9H2,1H3;2*1H/t13-;;/m0../s1. The molecule has 1 aromatic carbocycles. The van der Waals surface area contributed by atoms with Crippen LogP contribution in [-0.4, -0.2) is 36.0 Å². The first kappa shape index (κ1) is 21.4. The van der Waals surface area contributed by atoms with Crippen LogP contribution in [-0.2, 0) is 0 Å². The molecule has 0 aliphatic carbocycles. The highest BCUT2D eigenvalue weighted by Gasteiger charge is 2.24. The molecule has 0 aromatic heterocycles. The lowest BCUT2D eigenvalue weighted by molar-refractivity contribution is -0.384. The van der Waals surface area contributed by atoms with Crippen molar-refractivity contribution in [1.29, 1.82) is 0 Å². The summed E-state index contributed by atoms with van der Waals surface area (Å²) in [6.45, 7) is 6.02. The SMILES string of the molecule is CCC[C@@H](c1ccc(Cl)c([N+](=O)[O-])c1)N1CCNCC1.Cl.Cl. The Morgan fingerprint density at radius 1 is 1.36 bits per heavy atom. The van der Waals surface area contributed by atoms with Crippen molar-refractivity contribution in [3.63, 3.8) is 0 Å². The van der Waals surface area contributed by atoms with Crippen molar-refractivity contribution in [1.82, 2.24) is 10.2 Å². The predicted molar refractivity (Wildman–Crippen MR) is 94.7 cm³/mol. The number of piperazine rings is 1. The van der Waals surface area contributed by atoms with Gasteiger partial charge in [-0.1, -0.05) is 31.0 Å².